The summed E-state index contributed by atoms with van der Waals surface area (Å²) in [5, 5.41) is 3.22. The number of amides is 2. The van der Waals surface area contributed by atoms with Crippen LogP contribution in [0.3, 0.4) is 0 Å². The monoisotopic (exact) mass is 725 g/mol. The molecule has 1 unspecified atom stereocenters. The summed E-state index contributed by atoms with van der Waals surface area (Å²) in [6.45, 7) is 4.97. The highest BCUT2D eigenvalue weighted by Crippen LogP contribution is 2.35. The number of sulfonamides is 1. The SMILES string of the molecule is COc1ccc(Cl)cc1N(CC(=O)N(Cc1cccc(Br)c1)C(Cc1ccccc1)C(=O)NC(C)C)S(=O)(=O)c1ccc(C)cc1. The Kier molecular flexibility index (Phi) is 11.9. The lowest BCUT2D eigenvalue weighted by atomic mass is 10.0. The molecule has 4 aromatic rings. The molecule has 1 atom stereocenters. The van der Waals surface area contributed by atoms with Gasteiger partial charge in [0.05, 0.1) is 17.7 Å². The van der Waals surface area contributed by atoms with Gasteiger partial charge in [-0.25, -0.2) is 8.42 Å². The largest absolute Gasteiger partial charge is 0.495 e. The van der Waals surface area contributed by atoms with Crippen LogP contribution in [0.4, 0.5) is 5.69 Å². The van der Waals surface area contributed by atoms with Gasteiger partial charge in [0.15, 0.2) is 0 Å². The summed E-state index contributed by atoms with van der Waals surface area (Å²) >= 11 is 9.85. The second-order valence-electron chi connectivity index (χ2n) is 11.2. The van der Waals surface area contributed by atoms with E-state index in [1.165, 1.54) is 30.2 Å². The summed E-state index contributed by atoms with van der Waals surface area (Å²) in [4.78, 5) is 29.9. The van der Waals surface area contributed by atoms with Gasteiger partial charge in [-0.15, -0.1) is 0 Å². The van der Waals surface area contributed by atoms with Crippen molar-refractivity contribution in [2.45, 2.75) is 50.7 Å². The smallest absolute Gasteiger partial charge is 0.264 e. The van der Waals surface area contributed by atoms with E-state index < -0.39 is 28.5 Å². The number of hydrogen-bond acceptors (Lipinski definition) is 5. The van der Waals surface area contributed by atoms with Crippen LogP contribution in [-0.2, 0) is 32.6 Å². The quantitative estimate of drug-likeness (QED) is 0.164. The predicted octanol–water partition coefficient (Wildman–Crippen LogP) is 6.78. The van der Waals surface area contributed by atoms with E-state index in [4.69, 9.17) is 16.3 Å². The molecule has 8 nitrogen and oxygen atoms in total. The molecule has 0 bridgehead atoms. The van der Waals surface area contributed by atoms with Crippen LogP contribution < -0.4 is 14.4 Å². The summed E-state index contributed by atoms with van der Waals surface area (Å²) in [5.41, 5.74) is 2.57. The standard InChI is InChI=1S/C35H37BrClN3O5S/c1-24(2)38-35(42)32(20-26-9-6-5-7-10-26)39(22-27-11-8-12-28(36)19-27)34(41)23-40(31-21-29(37)15-18-33(31)45-4)46(43,44)30-16-13-25(3)14-17-30/h5-19,21,24,32H,20,22-23H2,1-4H3,(H,38,42). The van der Waals surface area contributed by atoms with Gasteiger partial charge < -0.3 is 15.0 Å². The number of rotatable bonds is 13. The van der Waals surface area contributed by atoms with Crippen LogP contribution in [0.15, 0.2) is 106 Å². The summed E-state index contributed by atoms with van der Waals surface area (Å²) in [5.74, 6) is -0.724. The third kappa shape index (κ3) is 8.90. The van der Waals surface area contributed by atoms with Gasteiger partial charge in [0.2, 0.25) is 11.8 Å². The van der Waals surface area contributed by atoms with E-state index in [0.717, 1.165) is 25.5 Å². The fraction of sp³-hybridized carbons (Fsp3) is 0.257. The minimum atomic E-state index is -4.31. The van der Waals surface area contributed by atoms with E-state index in [1.54, 1.807) is 24.3 Å². The molecule has 4 aromatic carbocycles. The molecular weight excluding hydrogens is 690 g/mol. The Morgan fingerprint density at radius 2 is 1.59 bits per heavy atom. The first-order valence-electron chi connectivity index (χ1n) is 14.7. The van der Waals surface area contributed by atoms with Crippen molar-refractivity contribution >= 4 is 55.1 Å². The topological polar surface area (TPSA) is 96.0 Å². The maximum absolute atomic E-state index is 14.6. The number of carbonyl (C=O) groups is 2. The Balaban J connectivity index is 1.86. The van der Waals surface area contributed by atoms with Gasteiger partial charge in [-0.05, 0) is 74.4 Å². The van der Waals surface area contributed by atoms with Gasteiger partial charge in [0.25, 0.3) is 10.0 Å². The molecule has 0 radical (unpaired) electrons. The Bertz CT molecular complexity index is 1770. The van der Waals surface area contributed by atoms with Crippen molar-refractivity contribution in [1.29, 1.82) is 0 Å². The zero-order valence-corrected chi connectivity index (χ0v) is 29.3. The fourth-order valence-electron chi connectivity index (χ4n) is 4.98. The number of anilines is 1. The van der Waals surface area contributed by atoms with Crippen LogP contribution in [-0.4, -0.2) is 50.9 Å². The van der Waals surface area contributed by atoms with Crippen LogP contribution in [0.2, 0.25) is 5.02 Å². The molecule has 2 amide bonds. The predicted molar refractivity (Wildman–Crippen MR) is 186 cm³/mol. The molecule has 0 fully saturated rings. The summed E-state index contributed by atoms with van der Waals surface area (Å²) in [6.07, 6.45) is 0.213. The number of nitrogens with zero attached hydrogens (tertiary/aromatic N) is 2. The molecule has 0 saturated heterocycles. The normalized spacial score (nSPS) is 12.0. The van der Waals surface area contributed by atoms with Gasteiger partial charge in [-0.3, -0.25) is 13.9 Å². The van der Waals surface area contributed by atoms with Crippen LogP contribution in [0.5, 0.6) is 5.75 Å². The van der Waals surface area contributed by atoms with Gasteiger partial charge >= 0.3 is 0 Å². The number of benzene rings is 4. The van der Waals surface area contributed by atoms with Crippen molar-refractivity contribution in [1.82, 2.24) is 10.2 Å². The average molecular weight is 727 g/mol. The maximum Gasteiger partial charge on any atom is 0.264 e. The molecule has 1 N–H and O–H groups in total. The first kappa shape index (κ1) is 35.0. The van der Waals surface area contributed by atoms with E-state index in [1.807, 2.05) is 75.4 Å². The number of carbonyl (C=O) groups excluding carboxylic acids is 2. The Morgan fingerprint density at radius 1 is 0.913 bits per heavy atom. The Morgan fingerprint density at radius 3 is 2.22 bits per heavy atom. The van der Waals surface area contributed by atoms with Crippen LogP contribution in [0, 0.1) is 6.92 Å². The highest BCUT2D eigenvalue weighted by molar-refractivity contribution is 9.10. The molecule has 4 rings (SSSR count). The molecule has 0 aliphatic rings. The van der Waals surface area contributed by atoms with Crippen molar-refractivity contribution in [2.24, 2.45) is 0 Å². The molecule has 242 valence electrons. The third-order valence-corrected chi connectivity index (χ3v) is 9.74. The van der Waals surface area contributed by atoms with E-state index in [2.05, 4.69) is 21.2 Å². The summed E-state index contributed by atoms with van der Waals surface area (Å²) in [7, 11) is -2.90. The summed E-state index contributed by atoms with van der Waals surface area (Å²) < 4.78 is 35.9. The Labute approximate surface area is 284 Å². The molecule has 46 heavy (non-hydrogen) atoms. The first-order chi connectivity index (χ1) is 21.9. The maximum atomic E-state index is 14.6. The molecule has 11 heteroatoms. The zero-order chi connectivity index (χ0) is 33.4. The molecular formula is C35H37BrClN3O5S. The van der Waals surface area contributed by atoms with Gasteiger partial charge in [0.1, 0.15) is 18.3 Å². The number of ether oxygens (including phenoxy) is 1. The summed E-state index contributed by atoms with van der Waals surface area (Å²) in [6, 6.07) is 26.6. The van der Waals surface area contributed by atoms with E-state index in [0.29, 0.717) is 0 Å². The van der Waals surface area contributed by atoms with Crippen molar-refractivity contribution < 1.29 is 22.7 Å². The molecule has 0 heterocycles. The van der Waals surface area contributed by atoms with Crippen LogP contribution >= 0.6 is 27.5 Å². The second-order valence-corrected chi connectivity index (χ2v) is 14.4. The lowest BCUT2D eigenvalue weighted by molar-refractivity contribution is -0.140. The molecule has 0 spiro atoms. The number of aryl methyl sites for hydroxylation is 1. The van der Waals surface area contributed by atoms with Gasteiger partial charge in [-0.2, -0.15) is 0 Å². The second kappa shape index (κ2) is 15.6. The van der Waals surface area contributed by atoms with Crippen LogP contribution in [0.1, 0.15) is 30.5 Å². The highest BCUT2D eigenvalue weighted by atomic mass is 79.9. The Hall–Kier alpha value is -3.86. The molecule has 0 aromatic heterocycles. The number of nitrogens with one attached hydrogen (secondary N) is 1. The third-order valence-electron chi connectivity index (χ3n) is 7.24. The van der Waals surface area contributed by atoms with Gasteiger partial charge in [-0.1, -0.05) is 87.7 Å². The van der Waals surface area contributed by atoms with Crippen LogP contribution in [0.25, 0.3) is 0 Å². The number of methoxy groups -OCH3 is 1. The van der Waals surface area contributed by atoms with E-state index in [-0.39, 0.29) is 46.3 Å². The number of hydrogen-bond donors (Lipinski definition) is 1. The molecule has 0 aliphatic heterocycles. The van der Waals surface area contributed by atoms with Crippen molar-refractivity contribution in [2.75, 3.05) is 18.0 Å². The lowest BCUT2D eigenvalue weighted by Crippen LogP contribution is -2.54. The highest BCUT2D eigenvalue weighted by Gasteiger charge is 2.36. The van der Waals surface area contributed by atoms with E-state index in [9.17, 15) is 18.0 Å². The average Bonchev–Trinajstić information content (AvgIpc) is 3.01. The van der Waals surface area contributed by atoms with Crippen molar-refractivity contribution in [3.05, 3.63) is 123 Å². The lowest BCUT2D eigenvalue weighted by Gasteiger charge is -2.34. The van der Waals surface area contributed by atoms with E-state index >= 15 is 0 Å². The van der Waals surface area contributed by atoms with Crippen molar-refractivity contribution in [3.63, 3.8) is 0 Å². The minimum absolute atomic E-state index is 0.00939. The molecule has 0 aliphatic carbocycles. The first-order valence-corrected chi connectivity index (χ1v) is 17.3. The zero-order valence-electron chi connectivity index (χ0n) is 26.1. The van der Waals surface area contributed by atoms with Crippen molar-refractivity contribution in [3.8, 4) is 5.75 Å². The number of halogens is 2. The van der Waals surface area contributed by atoms with Gasteiger partial charge in [0, 0.05) is 28.5 Å². The minimum Gasteiger partial charge on any atom is -0.495 e. The molecule has 0 saturated carbocycles. The fourth-order valence-corrected chi connectivity index (χ4v) is 7.01.